The van der Waals surface area contributed by atoms with Crippen LogP contribution in [-0.4, -0.2) is 14.2 Å². The van der Waals surface area contributed by atoms with Gasteiger partial charge < -0.3 is 0 Å². The van der Waals surface area contributed by atoms with Crippen molar-refractivity contribution in [3.63, 3.8) is 0 Å². The Bertz CT molecular complexity index is 343. The predicted octanol–water partition coefficient (Wildman–Crippen LogP) is 1.49. The highest BCUT2D eigenvalue weighted by Gasteiger charge is 1.77. The molecular formula is C8H9N3. The Balaban J connectivity index is 2.90. The molecule has 1 N–H and O–H groups in total. The zero-order valence-electron chi connectivity index (χ0n) is 6.01. The molecule has 0 bridgehead atoms. The lowest BCUT2D eigenvalue weighted by atomic mass is 10.6. The largest absolute Gasteiger partial charge is 0.287 e. The van der Waals surface area contributed by atoms with Crippen molar-refractivity contribution in [1.82, 2.24) is 14.2 Å². The van der Waals surface area contributed by atoms with Gasteiger partial charge in [-0.3, -0.25) is 9.61 Å². The molecule has 0 saturated heterocycles. The minimum Gasteiger partial charge on any atom is -0.287 e. The van der Waals surface area contributed by atoms with Crippen LogP contribution < -0.4 is 0 Å². The van der Waals surface area contributed by atoms with E-state index in [9.17, 15) is 0 Å². The second-order valence-corrected chi connectivity index (χ2v) is 2.24. The molecule has 0 unspecified atom stereocenters. The smallest absolute Gasteiger partial charge is 0.0456 e. The van der Waals surface area contributed by atoms with Crippen LogP contribution >= 0.6 is 0 Å². The van der Waals surface area contributed by atoms with Crippen LogP contribution in [0.5, 0.6) is 0 Å². The van der Waals surface area contributed by atoms with E-state index >= 15 is 0 Å². The molecule has 0 saturated carbocycles. The summed E-state index contributed by atoms with van der Waals surface area (Å²) >= 11 is 0. The van der Waals surface area contributed by atoms with Crippen LogP contribution in [-0.2, 0) is 0 Å². The van der Waals surface area contributed by atoms with Crippen LogP contribution in [0.2, 0.25) is 0 Å². The summed E-state index contributed by atoms with van der Waals surface area (Å²) in [4.78, 5) is 0. The van der Waals surface area contributed by atoms with Gasteiger partial charge in [-0.25, -0.2) is 0 Å². The molecule has 0 spiro atoms. The van der Waals surface area contributed by atoms with Crippen molar-refractivity contribution in [1.29, 1.82) is 0 Å². The molecule has 3 heteroatoms. The van der Waals surface area contributed by atoms with Crippen molar-refractivity contribution in [3.8, 4) is 0 Å². The maximum absolute atomic E-state index is 3.06. The van der Waals surface area contributed by atoms with Gasteiger partial charge in [0.1, 0.15) is 0 Å². The third-order valence-corrected chi connectivity index (χ3v) is 1.48. The first-order chi connectivity index (χ1) is 5.47. The van der Waals surface area contributed by atoms with E-state index in [-0.39, 0.29) is 0 Å². The highest BCUT2D eigenvalue weighted by Crippen LogP contribution is 1.84. The number of aromatic amines is 1. The molecule has 11 heavy (non-hydrogen) atoms. The van der Waals surface area contributed by atoms with E-state index in [2.05, 4.69) is 5.10 Å². The summed E-state index contributed by atoms with van der Waals surface area (Å²) in [6.07, 6.45) is 7.76. The monoisotopic (exact) mass is 147 g/mol. The Labute approximate surface area is 64.2 Å². The Morgan fingerprint density at radius 2 is 1.55 bits per heavy atom. The standard InChI is InChI=1S/C8H9N3/c1-2-6-10-7-3-4-8-11(10)9-5-1/h1-9H. The summed E-state index contributed by atoms with van der Waals surface area (Å²) in [5.41, 5.74) is 0. The van der Waals surface area contributed by atoms with E-state index in [4.69, 9.17) is 0 Å². The van der Waals surface area contributed by atoms with Gasteiger partial charge in [0.15, 0.2) is 0 Å². The molecule has 0 aliphatic carbocycles. The summed E-state index contributed by atoms with van der Waals surface area (Å²) in [5.74, 6) is 0. The summed E-state index contributed by atoms with van der Waals surface area (Å²) < 4.78 is 3.82. The molecular weight excluding hydrogens is 138 g/mol. The summed E-state index contributed by atoms with van der Waals surface area (Å²) in [6, 6.07) is 7.86. The van der Waals surface area contributed by atoms with E-state index in [0.29, 0.717) is 0 Å². The third-order valence-electron chi connectivity index (χ3n) is 1.48. The number of nitrogens with one attached hydrogen (secondary N) is 1. The topological polar surface area (TPSA) is 24.6 Å². The molecule has 0 aliphatic heterocycles. The van der Waals surface area contributed by atoms with Crippen LogP contribution in [0, 0.1) is 0 Å². The molecule has 0 amide bonds. The van der Waals surface area contributed by atoms with Crippen LogP contribution in [0.25, 0.3) is 0 Å². The highest BCUT2D eigenvalue weighted by molar-refractivity contribution is 4.89. The van der Waals surface area contributed by atoms with Gasteiger partial charge >= 0.3 is 0 Å². The predicted molar refractivity (Wildman–Crippen MR) is 42.8 cm³/mol. The maximum atomic E-state index is 3.06. The third kappa shape index (κ3) is 1.12. The van der Waals surface area contributed by atoms with Crippen molar-refractivity contribution < 1.29 is 0 Å². The van der Waals surface area contributed by atoms with Gasteiger partial charge in [-0.15, -0.1) is 0 Å². The van der Waals surface area contributed by atoms with Crippen LogP contribution in [0.3, 0.4) is 0 Å². The summed E-state index contributed by atoms with van der Waals surface area (Å²) in [6.45, 7) is 0. The van der Waals surface area contributed by atoms with Crippen LogP contribution in [0.15, 0.2) is 49.1 Å². The molecule has 3 nitrogen and oxygen atoms in total. The van der Waals surface area contributed by atoms with Crippen molar-refractivity contribution >= 4 is 0 Å². The zero-order valence-corrected chi connectivity index (χ0v) is 6.01. The summed E-state index contributed by atoms with van der Waals surface area (Å²) in [7, 11) is 0. The number of hydrogen-bond donors (Lipinski definition) is 1. The molecule has 0 fully saturated rings. The van der Waals surface area contributed by atoms with E-state index in [0.717, 1.165) is 0 Å². The van der Waals surface area contributed by atoms with E-state index < -0.39 is 0 Å². The summed E-state index contributed by atoms with van der Waals surface area (Å²) in [5, 5.41) is 3.06. The molecule has 2 aromatic rings. The Kier molecular flexibility index (Phi) is 1.41. The fraction of sp³-hybridized carbons (Fsp3) is 0. The second kappa shape index (κ2) is 2.54. The Morgan fingerprint density at radius 1 is 0.818 bits per heavy atom. The molecule has 0 aromatic carbocycles. The first-order valence-electron chi connectivity index (χ1n) is 3.49. The normalized spacial score (nSPS) is 9.82. The second-order valence-electron chi connectivity index (χ2n) is 2.24. The molecule has 56 valence electrons. The van der Waals surface area contributed by atoms with Crippen molar-refractivity contribution in [2.24, 2.45) is 0 Å². The number of rotatable bonds is 0. The van der Waals surface area contributed by atoms with Crippen LogP contribution in [0.1, 0.15) is 0 Å². The van der Waals surface area contributed by atoms with Crippen LogP contribution in [0.4, 0.5) is 0 Å². The zero-order chi connectivity index (χ0) is 7.52. The number of H-pyrrole nitrogens is 1. The molecule has 2 aromatic heterocycles. The fourth-order valence-electron chi connectivity index (χ4n) is 0.962. The molecule has 0 atom stereocenters. The molecule has 0 aliphatic rings. The average Bonchev–Trinajstić information content (AvgIpc) is 2.28. The first-order valence-corrected chi connectivity index (χ1v) is 3.49. The van der Waals surface area contributed by atoms with E-state index in [1.165, 1.54) is 0 Å². The van der Waals surface area contributed by atoms with Gasteiger partial charge in [-0.1, -0.05) is 0 Å². The molecule has 0 radical (unpaired) electrons. The number of fused-ring (bicyclic) bond motifs is 1. The SMILES string of the molecule is c1ccn2ccccn2[nH]c1. The number of nitrogens with zero attached hydrogens (tertiary/aromatic N) is 2. The average molecular weight is 147 g/mol. The minimum atomic E-state index is 1.88. The Morgan fingerprint density at radius 3 is 2.45 bits per heavy atom. The molecule has 2 heterocycles. The molecule has 2 rings (SSSR count). The maximum Gasteiger partial charge on any atom is 0.0456 e. The first kappa shape index (κ1) is 6.09. The van der Waals surface area contributed by atoms with E-state index in [1.807, 2.05) is 58.2 Å². The lowest BCUT2D eigenvalue weighted by Crippen LogP contribution is -1.98. The quantitative estimate of drug-likeness (QED) is 0.584. The minimum absolute atomic E-state index is 1.88. The highest BCUT2D eigenvalue weighted by atomic mass is 15.4. The lowest BCUT2D eigenvalue weighted by Gasteiger charge is -1.97. The van der Waals surface area contributed by atoms with Gasteiger partial charge in [0.25, 0.3) is 0 Å². The van der Waals surface area contributed by atoms with Gasteiger partial charge in [0.2, 0.25) is 0 Å². The van der Waals surface area contributed by atoms with Crippen molar-refractivity contribution in [2.45, 2.75) is 0 Å². The van der Waals surface area contributed by atoms with Gasteiger partial charge in [-0.05, 0) is 24.3 Å². The number of aromatic nitrogens is 3. The fourth-order valence-corrected chi connectivity index (χ4v) is 0.962. The van der Waals surface area contributed by atoms with E-state index in [1.54, 1.807) is 0 Å². The van der Waals surface area contributed by atoms with Crippen molar-refractivity contribution in [2.75, 3.05) is 0 Å². The van der Waals surface area contributed by atoms with Gasteiger partial charge in [-0.2, -0.15) is 4.63 Å². The Hall–Kier alpha value is -1.64. The number of hydrogen-bond acceptors (Lipinski definition) is 0. The lowest BCUT2D eigenvalue weighted by molar-refractivity contribution is 0.685. The van der Waals surface area contributed by atoms with Crippen molar-refractivity contribution in [3.05, 3.63) is 49.1 Å². The van der Waals surface area contributed by atoms with Gasteiger partial charge in [0.05, 0.1) is 0 Å². The van der Waals surface area contributed by atoms with Gasteiger partial charge in [0, 0.05) is 24.8 Å².